The van der Waals surface area contributed by atoms with E-state index in [1.807, 2.05) is 6.07 Å². The molecule has 1 aliphatic rings. The molecule has 180 valence electrons. The molecule has 1 aliphatic heterocycles. The van der Waals surface area contributed by atoms with Gasteiger partial charge in [0.2, 0.25) is 0 Å². The molecule has 0 aliphatic carbocycles. The highest BCUT2D eigenvalue weighted by molar-refractivity contribution is 7.16. The zero-order valence-electron chi connectivity index (χ0n) is 20.5. The maximum atomic E-state index is 11.5. The SMILES string of the molecule is CCCCCCc1cc(-c2ccc3c(c2)CCc2ccccc2N3CC)sc1/C=C(\C#N)C(=O)O. The van der Waals surface area contributed by atoms with Crippen LogP contribution in [0, 0.1) is 11.3 Å². The molecule has 0 fully saturated rings. The van der Waals surface area contributed by atoms with E-state index in [9.17, 15) is 15.2 Å². The minimum absolute atomic E-state index is 0.216. The number of aliphatic carboxylic acids is 1. The summed E-state index contributed by atoms with van der Waals surface area (Å²) >= 11 is 1.58. The van der Waals surface area contributed by atoms with Gasteiger partial charge in [-0.3, -0.25) is 0 Å². The smallest absolute Gasteiger partial charge is 0.346 e. The Hall–Kier alpha value is -3.36. The largest absolute Gasteiger partial charge is 0.477 e. The van der Waals surface area contributed by atoms with E-state index in [1.54, 1.807) is 17.4 Å². The molecular weight excluding hydrogens is 452 g/mol. The molecule has 0 bridgehead atoms. The van der Waals surface area contributed by atoms with E-state index in [0.717, 1.165) is 59.5 Å². The molecule has 0 radical (unpaired) electrons. The van der Waals surface area contributed by atoms with Crippen LogP contribution < -0.4 is 4.90 Å². The molecule has 2 heterocycles. The predicted octanol–water partition coefficient (Wildman–Crippen LogP) is 7.79. The van der Waals surface area contributed by atoms with Gasteiger partial charge in [0, 0.05) is 27.7 Å². The number of rotatable bonds is 9. The third-order valence-corrected chi connectivity index (χ3v) is 7.86. The summed E-state index contributed by atoms with van der Waals surface area (Å²) in [5, 5.41) is 18.7. The van der Waals surface area contributed by atoms with Crippen molar-refractivity contribution in [2.24, 2.45) is 0 Å². The van der Waals surface area contributed by atoms with Crippen molar-refractivity contribution in [1.82, 2.24) is 0 Å². The van der Waals surface area contributed by atoms with E-state index in [4.69, 9.17) is 0 Å². The number of thiophene rings is 1. The third kappa shape index (κ3) is 5.49. The van der Waals surface area contributed by atoms with E-state index in [1.165, 1.54) is 35.3 Å². The van der Waals surface area contributed by atoms with Crippen LogP contribution >= 0.6 is 11.3 Å². The van der Waals surface area contributed by atoms with Crippen molar-refractivity contribution in [3.63, 3.8) is 0 Å². The highest BCUT2D eigenvalue weighted by Gasteiger charge is 2.20. The van der Waals surface area contributed by atoms with Gasteiger partial charge in [-0.15, -0.1) is 11.3 Å². The molecule has 0 spiro atoms. The number of aryl methyl sites for hydroxylation is 3. The number of hydrogen-bond donors (Lipinski definition) is 1. The summed E-state index contributed by atoms with van der Waals surface area (Å²) in [6.07, 6.45) is 9.02. The summed E-state index contributed by atoms with van der Waals surface area (Å²) in [5.74, 6) is -1.18. The van der Waals surface area contributed by atoms with Gasteiger partial charge in [0.1, 0.15) is 11.6 Å². The van der Waals surface area contributed by atoms with Gasteiger partial charge < -0.3 is 10.0 Å². The van der Waals surface area contributed by atoms with Crippen LogP contribution in [0.4, 0.5) is 11.4 Å². The summed E-state index contributed by atoms with van der Waals surface area (Å²) in [7, 11) is 0. The molecule has 4 rings (SSSR count). The van der Waals surface area contributed by atoms with E-state index in [-0.39, 0.29) is 5.57 Å². The van der Waals surface area contributed by atoms with E-state index < -0.39 is 5.97 Å². The number of nitriles is 1. The summed E-state index contributed by atoms with van der Waals surface area (Å²) in [6.45, 7) is 5.29. The Kier molecular flexibility index (Phi) is 8.05. The third-order valence-electron chi connectivity index (χ3n) is 6.68. The molecule has 0 saturated carbocycles. The van der Waals surface area contributed by atoms with Crippen LogP contribution in [0.1, 0.15) is 61.1 Å². The second-order valence-corrected chi connectivity index (χ2v) is 10.1. The molecule has 0 amide bonds. The van der Waals surface area contributed by atoms with E-state index in [2.05, 4.69) is 67.3 Å². The van der Waals surface area contributed by atoms with Crippen LogP contribution in [-0.4, -0.2) is 17.6 Å². The van der Waals surface area contributed by atoms with Gasteiger partial charge in [-0.25, -0.2) is 4.79 Å². The fraction of sp³-hybridized carbons (Fsp3) is 0.333. The maximum absolute atomic E-state index is 11.5. The lowest BCUT2D eigenvalue weighted by molar-refractivity contribution is -0.132. The number of carbonyl (C=O) groups is 1. The van der Waals surface area contributed by atoms with Crippen LogP contribution in [0.3, 0.4) is 0 Å². The fourth-order valence-corrected chi connectivity index (χ4v) is 6.00. The van der Waals surface area contributed by atoms with Crippen LogP contribution in [0.5, 0.6) is 0 Å². The van der Waals surface area contributed by atoms with Crippen LogP contribution in [0.2, 0.25) is 0 Å². The molecule has 2 aromatic carbocycles. The molecule has 0 atom stereocenters. The minimum Gasteiger partial charge on any atom is -0.477 e. The average molecular weight is 485 g/mol. The fourth-order valence-electron chi connectivity index (χ4n) is 4.85. The first kappa shape index (κ1) is 24.8. The number of fused-ring (bicyclic) bond motifs is 2. The van der Waals surface area contributed by atoms with Crippen LogP contribution in [-0.2, 0) is 24.1 Å². The van der Waals surface area contributed by atoms with E-state index in [0.29, 0.717) is 0 Å². The Labute approximate surface area is 212 Å². The molecule has 35 heavy (non-hydrogen) atoms. The number of carboxylic acids is 1. The molecular formula is C30H32N2O2S. The van der Waals surface area contributed by atoms with Gasteiger partial charge in [0.25, 0.3) is 0 Å². The van der Waals surface area contributed by atoms with Crippen molar-refractivity contribution in [2.75, 3.05) is 11.4 Å². The lowest BCUT2D eigenvalue weighted by Crippen LogP contribution is -2.17. The zero-order valence-corrected chi connectivity index (χ0v) is 21.3. The second-order valence-electron chi connectivity index (χ2n) is 9.00. The summed E-state index contributed by atoms with van der Waals surface area (Å²) in [6, 6.07) is 19.4. The number of carboxylic acid groups (broad SMARTS) is 1. The van der Waals surface area contributed by atoms with Gasteiger partial charge >= 0.3 is 5.97 Å². The minimum atomic E-state index is -1.18. The standard InChI is InChI=1S/C30H32N2O2S/c1-3-5-6-7-11-23-18-28(35-29(23)19-25(20-31)30(33)34)24-15-16-27-22(17-24)14-13-21-10-8-9-12-26(21)32(27)4-2/h8-10,12,15-19H,3-7,11,13-14H2,1-2H3,(H,33,34)/b25-19+. The van der Waals surface area contributed by atoms with Gasteiger partial charge in [0.15, 0.2) is 0 Å². The van der Waals surface area contributed by atoms with Crippen molar-refractivity contribution >= 4 is 34.8 Å². The maximum Gasteiger partial charge on any atom is 0.346 e. The van der Waals surface area contributed by atoms with Crippen molar-refractivity contribution in [3.8, 4) is 16.5 Å². The number of para-hydroxylation sites is 1. The van der Waals surface area contributed by atoms with Gasteiger partial charge in [0.05, 0.1) is 0 Å². The highest BCUT2D eigenvalue weighted by Crippen LogP contribution is 2.40. The Bertz CT molecular complexity index is 1280. The number of anilines is 2. The van der Waals surface area contributed by atoms with Crippen LogP contribution in [0.25, 0.3) is 16.5 Å². The Morgan fingerprint density at radius 3 is 2.57 bits per heavy atom. The number of hydrogen-bond acceptors (Lipinski definition) is 4. The quantitative estimate of drug-likeness (QED) is 0.191. The first-order chi connectivity index (χ1) is 17.0. The second kappa shape index (κ2) is 11.4. The van der Waals surface area contributed by atoms with E-state index >= 15 is 0 Å². The predicted molar refractivity (Wildman–Crippen MR) is 145 cm³/mol. The lowest BCUT2D eigenvalue weighted by atomic mass is 10.0. The summed E-state index contributed by atoms with van der Waals surface area (Å²) < 4.78 is 0. The first-order valence-electron chi connectivity index (χ1n) is 12.5. The Morgan fingerprint density at radius 2 is 1.83 bits per heavy atom. The molecule has 5 heteroatoms. The van der Waals surface area contributed by atoms with Gasteiger partial charge in [-0.05, 0) is 85.2 Å². The van der Waals surface area contributed by atoms with Gasteiger partial charge in [-0.2, -0.15) is 5.26 Å². The van der Waals surface area contributed by atoms with Crippen molar-refractivity contribution < 1.29 is 9.90 Å². The topological polar surface area (TPSA) is 64.3 Å². The first-order valence-corrected chi connectivity index (χ1v) is 13.3. The number of unbranched alkanes of at least 4 members (excludes halogenated alkanes) is 3. The highest BCUT2D eigenvalue weighted by atomic mass is 32.1. The molecule has 1 aromatic heterocycles. The van der Waals surface area contributed by atoms with Crippen molar-refractivity contribution in [2.45, 2.75) is 58.8 Å². The molecule has 0 saturated heterocycles. The lowest BCUT2D eigenvalue weighted by Gasteiger charge is -2.25. The summed E-state index contributed by atoms with van der Waals surface area (Å²) in [5.41, 5.74) is 7.33. The Morgan fingerprint density at radius 1 is 1.06 bits per heavy atom. The summed E-state index contributed by atoms with van der Waals surface area (Å²) in [4.78, 5) is 15.9. The Balaban J connectivity index is 1.71. The monoisotopic (exact) mass is 484 g/mol. The zero-order chi connectivity index (χ0) is 24.8. The normalized spacial score (nSPS) is 13.1. The van der Waals surface area contributed by atoms with Crippen LogP contribution in [0.15, 0.2) is 54.1 Å². The molecule has 3 aromatic rings. The molecule has 0 unspecified atom stereocenters. The molecule has 4 nitrogen and oxygen atoms in total. The number of nitrogens with zero attached hydrogens (tertiary/aromatic N) is 2. The van der Waals surface area contributed by atoms with Gasteiger partial charge in [-0.1, -0.05) is 50.5 Å². The number of benzene rings is 2. The van der Waals surface area contributed by atoms with Crippen molar-refractivity contribution in [1.29, 1.82) is 5.26 Å². The van der Waals surface area contributed by atoms with Crippen molar-refractivity contribution in [3.05, 3.63) is 75.7 Å². The molecule has 1 N–H and O–H groups in total. The average Bonchev–Trinajstić information content (AvgIpc) is 3.19.